The average Bonchev–Trinajstić information content (AvgIpc) is 3.04. The fourth-order valence-corrected chi connectivity index (χ4v) is 5.42. The molecule has 3 aromatic rings. The van der Waals surface area contributed by atoms with Gasteiger partial charge in [0.15, 0.2) is 11.6 Å². The lowest BCUT2D eigenvalue weighted by Gasteiger charge is -2.44. The molecule has 2 atom stereocenters. The van der Waals surface area contributed by atoms with E-state index in [2.05, 4.69) is 0 Å². The van der Waals surface area contributed by atoms with Gasteiger partial charge in [-0.3, -0.25) is 19.2 Å². The highest BCUT2D eigenvalue weighted by atomic mass is 16.2. The standard InChI is InChI=1S/C27H20O4/c28-16-17-10-12-19(13-11-17)24-15-20(29)14-23(18-6-2-1-3-7-18)27(24)25(30)21-8-4-5-9-22(21)26(27)31/h1-13,16,23-24H,14-15H2/t23-,24+/m0/s1. The van der Waals surface area contributed by atoms with Gasteiger partial charge in [-0.15, -0.1) is 0 Å². The van der Waals surface area contributed by atoms with E-state index in [1.807, 2.05) is 30.3 Å². The summed E-state index contributed by atoms with van der Waals surface area (Å²) in [5.74, 6) is -1.52. The van der Waals surface area contributed by atoms with E-state index < -0.39 is 17.3 Å². The molecule has 0 radical (unpaired) electrons. The minimum absolute atomic E-state index is 0.0282. The van der Waals surface area contributed by atoms with Crippen molar-refractivity contribution in [3.8, 4) is 0 Å². The number of aldehydes is 1. The number of hydrogen-bond donors (Lipinski definition) is 0. The summed E-state index contributed by atoms with van der Waals surface area (Å²) in [6.45, 7) is 0. The van der Waals surface area contributed by atoms with Crippen molar-refractivity contribution in [3.63, 3.8) is 0 Å². The monoisotopic (exact) mass is 408 g/mol. The first-order valence-electron chi connectivity index (χ1n) is 10.4. The molecule has 1 saturated carbocycles. The largest absolute Gasteiger partial charge is 0.300 e. The van der Waals surface area contributed by atoms with Crippen molar-refractivity contribution < 1.29 is 19.2 Å². The molecular formula is C27H20O4. The SMILES string of the molecule is O=Cc1ccc([C@H]2CC(=O)C[C@@H](c3ccccc3)C23C(=O)c2ccccc2C3=O)cc1. The lowest BCUT2D eigenvalue weighted by molar-refractivity contribution is -0.122. The quantitative estimate of drug-likeness (QED) is 0.461. The van der Waals surface area contributed by atoms with Crippen LogP contribution < -0.4 is 0 Å². The normalized spacial score (nSPS) is 21.9. The Kier molecular flexibility index (Phi) is 4.51. The van der Waals surface area contributed by atoms with Gasteiger partial charge in [-0.25, -0.2) is 0 Å². The van der Waals surface area contributed by atoms with Crippen LogP contribution in [0.25, 0.3) is 0 Å². The van der Waals surface area contributed by atoms with E-state index in [1.165, 1.54) is 0 Å². The summed E-state index contributed by atoms with van der Waals surface area (Å²) in [5.41, 5.74) is 1.54. The van der Waals surface area contributed by atoms with Crippen molar-refractivity contribution in [2.24, 2.45) is 5.41 Å². The van der Waals surface area contributed by atoms with Crippen LogP contribution in [0.3, 0.4) is 0 Å². The maximum atomic E-state index is 14.0. The molecule has 0 unspecified atom stereocenters. The molecule has 2 aliphatic rings. The minimum Gasteiger partial charge on any atom is -0.300 e. The molecule has 31 heavy (non-hydrogen) atoms. The van der Waals surface area contributed by atoms with Gasteiger partial charge in [0.25, 0.3) is 0 Å². The topological polar surface area (TPSA) is 68.3 Å². The zero-order valence-corrected chi connectivity index (χ0v) is 16.8. The summed E-state index contributed by atoms with van der Waals surface area (Å²) in [6.07, 6.45) is 1.02. The van der Waals surface area contributed by atoms with Crippen LogP contribution in [-0.2, 0) is 4.79 Å². The fraction of sp³-hybridized carbons (Fsp3) is 0.185. The van der Waals surface area contributed by atoms with Gasteiger partial charge in [0.05, 0.1) is 0 Å². The van der Waals surface area contributed by atoms with Crippen LogP contribution >= 0.6 is 0 Å². The van der Waals surface area contributed by atoms with Gasteiger partial charge >= 0.3 is 0 Å². The average molecular weight is 408 g/mol. The van der Waals surface area contributed by atoms with E-state index in [9.17, 15) is 19.2 Å². The Labute approximate surface area is 179 Å². The number of carbonyl (C=O) groups excluding carboxylic acids is 4. The number of Topliss-reactive ketones (excluding diaryl/α,β-unsaturated/α-hetero) is 3. The van der Waals surface area contributed by atoms with Crippen LogP contribution in [0.15, 0.2) is 78.9 Å². The summed E-state index contributed by atoms with van der Waals surface area (Å²) < 4.78 is 0. The van der Waals surface area contributed by atoms with Gasteiger partial charge in [-0.1, -0.05) is 78.9 Å². The molecule has 1 spiro atoms. The van der Waals surface area contributed by atoms with Crippen molar-refractivity contribution >= 4 is 23.6 Å². The van der Waals surface area contributed by atoms with Gasteiger partial charge in [-0.2, -0.15) is 0 Å². The number of hydrogen-bond acceptors (Lipinski definition) is 4. The van der Waals surface area contributed by atoms with E-state index >= 15 is 0 Å². The molecule has 0 N–H and O–H groups in total. The molecule has 0 heterocycles. The van der Waals surface area contributed by atoms with Gasteiger partial charge in [0.2, 0.25) is 0 Å². The summed E-state index contributed by atoms with van der Waals surface area (Å²) in [5, 5.41) is 0. The number of carbonyl (C=O) groups is 4. The molecule has 0 bridgehead atoms. The molecule has 5 rings (SSSR count). The number of benzene rings is 3. The Morgan fingerprint density at radius 2 is 1.13 bits per heavy atom. The summed E-state index contributed by atoms with van der Waals surface area (Å²) in [7, 11) is 0. The molecule has 4 nitrogen and oxygen atoms in total. The van der Waals surface area contributed by atoms with E-state index in [0.29, 0.717) is 16.7 Å². The van der Waals surface area contributed by atoms with E-state index in [-0.39, 0.29) is 30.2 Å². The Morgan fingerprint density at radius 1 is 0.645 bits per heavy atom. The Bertz CT molecular complexity index is 1170. The first kappa shape index (κ1) is 19.3. The lowest BCUT2D eigenvalue weighted by Crippen LogP contribution is -2.49. The van der Waals surface area contributed by atoms with Crippen molar-refractivity contribution in [2.75, 3.05) is 0 Å². The van der Waals surface area contributed by atoms with Crippen molar-refractivity contribution in [1.29, 1.82) is 0 Å². The van der Waals surface area contributed by atoms with Crippen LogP contribution in [-0.4, -0.2) is 23.6 Å². The Balaban J connectivity index is 1.77. The maximum absolute atomic E-state index is 14.0. The minimum atomic E-state index is -1.37. The third-order valence-electron chi connectivity index (χ3n) is 6.81. The highest BCUT2D eigenvalue weighted by Crippen LogP contribution is 2.60. The molecule has 3 aromatic carbocycles. The summed E-state index contributed by atoms with van der Waals surface area (Å²) in [4.78, 5) is 52.0. The first-order chi connectivity index (χ1) is 15.1. The smallest absolute Gasteiger partial charge is 0.178 e. The molecule has 152 valence electrons. The van der Waals surface area contributed by atoms with Crippen LogP contribution in [0.2, 0.25) is 0 Å². The molecule has 0 saturated heterocycles. The molecule has 0 aromatic heterocycles. The zero-order valence-electron chi connectivity index (χ0n) is 16.8. The van der Waals surface area contributed by atoms with Crippen LogP contribution in [0, 0.1) is 5.41 Å². The predicted molar refractivity (Wildman–Crippen MR) is 116 cm³/mol. The van der Waals surface area contributed by atoms with Crippen LogP contribution in [0.1, 0.15) is 66.9 Å². The lowest BCUT2D eigenvalue weighted by atomic mass is 9.54. The second-order valence-corrected chi connectivity index (χ2v) is 8.32. The fourth-order valence-electron chi connectivity index (χ4n) is 5.42. The maximum Gasteiger partial charge on any atom is 0.178 e. The summed E-state index contributed by atoms with van der Waals surface area (Å²) in [6, 6.07) is 23.2. The van der Waals surface area contributed by atoms with Crippen molar-refractivity contribution in [1.82, 2.24) is 0 Å². The van der Waals surface area contributed by atoms with Gasteiger partial charge in [0, 0.05) is 41.4 Å². The van der Waals surface area contributed by atoms with Gasteiger partial charge < -0.3 is 0 Å². The van der Waals surface area contributed by atoms with E-state index in [0.717, 1.165) is 17.4 Å². The number of ketones is 3. The molecule has 0 aliphatic heterocycles. The third kappa shape index (κ3) is 2.75. The second kappa shape index (κ2) is 7.24. The highest BCUT2D eigenvalue weighted by Gasteiger charge is 2.64. The predicted octanol–water partition coefficient (Wildman–Crippen LogP) is 4.80. The molecule has 0 amide bonds. The molecule has 4 heteroatoms. The number of fused-ring (bicyclic) bond motifs is 1. The van der Waals surface area contributed by atoms with Crippen molar-refractivity contribution in [3.05, 3.63) is 107 Å². The second-order valence-electron chi connectivity index (χ2n) is 8.32. The van der Waals surface area contributed by atoms with E-state index in [4.69, 9.17) is 0 Å². The third-order valence-corrected chi connectivity index (χ3v) is 6.81. The zero-order chi connectivity index (χ0) is 21.6. The molecule has 1 fully saturated rings. The Hall–Kier alpha value is -3.66. The van der Waals surface area contributed by atoms with Crippen LogP contribution in [0.4, 0.5) is 0 Å². The molecular weight excluding hydrogens is 388 g/mol. The van der Waals surface area contributed by atoms with Gasteiger partial charge in [-0.05, 0) is 11.1 Å². The molecule has 2 aliphatic carbocycles. The first-order valence-corrected chi connectivity index (χ1v) is 10.4. The van der Waals surface area contributed by atoms with Crippen molar-refractivity contribution in [2.45, 2.75) is 24.7 Å². The highest BCUT2D eigenvalue weighted by molar-refractivity contribution is 6.31. The Morgan fingerprint density at radius 3 is 1.65 bits per heavy atom. The van der Waals surface area contributed by atoms with Crippen LogP contribution in [0.5, 0.6) is 0 Å². The number of rotatable bonds is 3. The van der Waals surface area contributed by atoms with Gasteiger partial charge in [0.1, 0.15) is 17.5 Å². The van der Waals surface area contributed by atoms with E-state index in [1.54, 1.807) is 48.5 Å². The summed E-state index contributed by atoms with van der Waals surface area (Å²) >= 11 is 0.